The standard InChI is InChI=1S/C17H30N2/c1-5-7-8-12-19(4)17(16(18)6-2)15-11-9-10-14(3)13-15/h9-11,13,16-17H,5-8,12,18H2,1-4H3. The largest absolute Gasteiger partial charge is 0.326 e. The lowest BCUT2D eigenvalue weighted by Gasteiger charge is -2.33. The van der Waals surface area contributed by atoms with Gasteiger partial charge in [0, 0.05) is 12.1 Å². The topological polar surface area (TPSA) is 29.3 Å². The van der Waals surface area contributed by atoms with Crippen LogP contribution in [0.3, 0.4) is 0 Å². The van der Waals surface area contributed by atoms with E-state index in [9.17, 15) is 0 Å². The maximum absolute atomic E-state index is 6.36. The smallest absolute Gasteiger partial charge is 0.0496 e. The number of hydrogen-bond donors (Lipinski definition) is 1. The molecule has 2 unspecified atom stereocenters. The second-order valence-corrected chi connectivity index (χ2v) is 5.62. The first kappa shape index (κ1) is 16.2. The number of nitrogens with zero attached hydrogens (tertiary/aromatic N) is 1. The minimum Gasteiger partial charge on any atom is -0.326 e. The third-order valence-electron chi connectivity index (χ3n) is 3.85. The van der Waals surface area contributed by atoms with Crippen LogP contribution in [0.2, 0.25) is 0 Å². The van der Waals surface area contributed by atoms with E-state index >= 15 is 0 Å². The molecule has 2 atom stereocenters. The molecule has 0 spiro atoms. The van der Waals surface area contributed by atoms with Crippen molar-refractivity contribution in [1.29, 1.82) is 0 Å². The van der Waals surface area contributed by atoms with E-state index in [1.807, 2.05) is 0 Å². The molecule has 1 rings (SSSR count). The summed E-state index contributed by atoms with van der Waals surface area (Å²) in [6, 6.07) is 9.31. The van der Waals surface area contributed by atoms with Gasteiger partial charge in [-0.2, -0.15) is 0 Å². The van der Waals surface area contributed by atoms with Gasteiger partial charge in [0.15, 0.2) is 0 Å². The third-order valence-corrected chi connectivity index (χ3v) is 3.85. The van der Waals surface area contributed by atoms with Gasteiger partial charge in [0.05, 0.1) is 0 Å². The van der Waals surface area contributed by atoms with Crippen LogP contribution in [-0.4, -0.2) is 24.5 Å². The zero-order chi connectivity index (χ0) is 14.3. The van der Waals surface area contributed by atoms with Crippen molar-refractivity contribution in [2.45, 2.75) is 58.5 Å². The Labute approximate surface area is 119 Å². The van der Waals surface area contributed by atoms with E-state index < -0.39 is 0 Å². The molecule has 0 aliphatic heterocycles. The maximum Gasteiger partial charge on any atom is 0.0496 e. The molecule has 1 aromatic rings. The molecule has 0 heterocycles. The SMILES string of the molecule is CCCCCN(C)C(c1cccc(C)c1)C(N)CC. The Kier molecular flexibility index (Phi) is 7.11. The molecule has 2 nitrogen and oxygen atoms in total. The van der Waals surface area contributed by atoms with Crippen molar-refractivity contribution < 1.29 is 0 Å². The average molecular weight is 262 g/mol. The minimum absolute atomic E-state index is 0.202. The van der Waals surface area contributed by atoms with Gasteiger partial charge in [-0.25, -0.2) is 0 Å². The molecule has 2 N–H and O–H groups in total. The molecule has 0 radical (unpaired) electrons. The molecule has 108 valence electrons. The Morgan fingerprint density at radius 2 is 1.95 bits per heavy atom. The fourth-order valence-corrected chi connectivity index (χ4v) is 2.66. The van der Waals surface area contributed by atoms with Crippen LogP contribution in [0.1, 0.15) is 56.7 Å². The fraction of sp³-hybridized carbons (Fsp3) is 0.647. The van der Waals surface area contributed by atoms with Gasteiger partial charge in [0.2, 0.25) is 0 Å². The lowest BCUT2D eigenvalue weighted by atomic mass is 9.95. The van der Waals surface area contributed by atoms with Gasteiger partial charge in [0.25, 0.3) is 0 Å². The number of hydrogen-bond acceptors (Lipinski definition) is 2. The highest BCUT2D eigenvalue weighted by Crippen LogP contribution is 2.25. The molecule has 0 aromatic heterocycles. The second-order valence-electron chi connectivity index (χ2n) is 5.62. The first-order valence-electron chi connectivity index (χ1n) is 7.62. The maximum atomic E-state index is 6.36. The van der Waals surface area contributed by atoms with E-state index in [1.165, 1.54) is 30.4 Å². The number of nitrogens with two attached hydrogens (primary N) is 1. The predicted octanol–water partition coefficient (Wildman–Crippen LogP) is 3.90. The summed E-state index contributed by atoms with van der Waals surface area (Å²) in [4.78, 5) is 2.43. The van der Waals surface area contributed by atoms with E-state index in [0.29, 0.717) is 6.04 Å². The summed E-state index contributed by atoms with van der Waals surface area (Å²) in [5, 5.41) is 0. The minimum atomic E-state index is 0.202. The monoisotopic (exact) mass is 262 g/mol. The van der Waals surface area contributed by atoms with Crippen molar-refractivity contribution in [2.24, 2.45) is 5.73 Å². The summed E-state index contributed by atoms with van der Waals surface area (Å²) in [6.45, 7) is 7.69. The summed E-state index contributed by atoms with van der Waals surface area (Å²) in [5.74, 6) is 0. The number of benzene rings is 1. The zero-order valence-corrected chi connectivity index (χ0v) is 13.0. The lowest BCUT2D eigenvalue weighted by molar-refractivity contribution is 0.206. The van der Waals surface area contributed by atoms with Crippen LogP contribution in [-0.2, 0) is 0 Å². The van der Waals surface area contributed by atoms with Crippen LogP contribution in [0, 0.1) is 6.92 Å². The van der Waals surface area contributed by atoms with Crippen LogP contribution in [0.15, 0.2) is 24.3 Å². The van der Waals surface area contributed by atoms with Gasteiger partial charge in [0.1, 0.15) is 0 Å². The Morgan fingerprint density at radius 3 is 2.53 bits per heavy atom. The van der Waals surface area contributed by atoms with E-state index in [4.69, 9.17) is 5.73 Å². The highest BCUT2D eigenvalue weighted by molar-refractivity contribution is 5.26. The van der Waals surface area contributed by atoms with Crippen molar-refractivity contribution >= 4 is 0 Å². The second kappa shape index (κ2) is 8.34. The highest BCUT2D eigenvalue weighted by Gasteiger charge is 2.22. The Bertz CT molecular complexity index is 362. The molecule has 0 aliphatic rings. The number of rotatable bonds is 8. The van der Waals surface area contributed by atoms with E-state index in [2.05, 4.69) is 57.0 Å². The summed E-state index contributed by atoms with van der Waals surface area (Å²) in [6.07, 6.45) is 4.83. The summed E-state index contributed by atoms with van der Waals surface area (Å²) < 4.78 is 0. The van der Waals surface area contributed by atoms with Gasteiger partial charge < -0.3 is 5.73 Å². The van der Waals surface area contributed by atoms with Gasteiger partial charge in [-0.15, -0.1) is 0 Å². The molecule has 0 amide bonds. The molecule has 0 fully saturated rings. The van der Waals surface area contributed by atoms with Gasteiger partial charge in [-0.1, -0.05) is 56.5 Å². The van der Waals surface area contributed by atoms with Crippen molar-refractivity contribution in [3.05, 3.63) is 35.4 Å². The highest BCUT2D eigenvalue weighted by atomic mass is 15.1. The van der Waals surface area contributed by atoms with Crippen LogP contribution >= 0.6 is 0 Å². The fourth-order valence-electron chi connectivity index (χ4n) is 2.66. The quantitative estimate of drug-likeness (QED) is 0.720. The van der Waals surface area contributed by atoms with E-state index in [-0.39, 0.29) is 6.04 Å². The first-order valence-corrected chi connectivity index (χ1v) is 7.62. The van der Waals surface area contributed by atoms with Crippen molar-refractivity contribution in [3.63, 3.8) is 0 Å². The van der Waals surface area contributed by atoms with Gasteiger partial charge in [-0.3, -0.25) is 4.90 Å². The Hall–Kier alpha value is -0.860. The lowest BCUT2D eigenvalue weighted by Crippen LogP contribution is -2.39. The Morgan fingerprint density at radius 1 is 1.21 bits per heavy atom. The van der Waals surface area contributed by atoms with Crippen molar-refractivity contribution in [3.8, 4) is 0 Å². The number of likely N-dealkylation sites (N-methyl/N-ethyl adjacent to an activating group) is 1. The zero-order valence-electron chi connectivity index (χ0n) is 13.0. The molecule has 19 heavy (non-hydrogen) atoms. The molecule has 0 saturated heterocycles. The average Bonchev–Trinajstić information content (AvgIpc) is 2.39. The van der Waals surface area contributed by atoms with Gasteiger partial charge >= 0.3 is 0 Å². The van der Waals surface area contributed by atoms with Crippen molar-refractivity contribution in [1.82, 2.24) is 4.90 Å². The van der Waals surface area contributed by atoms with E-state index in [0.717, 1.165) is 13.0 Å². The van der Waals surface area contributed by atoms with Crippen LogP contribution < -0.4 is 5.73 Å². The molecule has 0 bridgehead atoms. The normalized spacial score (nSPS) is 14.6. The van der Waals surface area contributed by atoms with Crippen LogP contribution in [0.4, 0.5) is 0 Å². The third kappa shape index (κ3) is 4.96. The number of unbranched alkanes of at least 4 members (excludes halogenated alkanes) is 2. The molecule has 0 saturated carbocycles. The van der Waals surface area contributed by atoms with Crippen LogP contribution in [0.25, 0.3) is 0 Å². The summed E-state index contributed by atoms with van der Waals surface area (Å²) in [5.41, 5.74) is 9.03. The molecule has 1 aromatic carbocycles. The summed E-state index contributed by atoms with van der Waals surface area (Å²) >= 11 is 0. The molecular weight excluding hydrogens is 232 g/mol. The van der Waals surface area contributed by atoms with Gasteiger partial charge in [-0.05, 0) is 38.9 Å². The van der Waals surface area contributed by atoms with Crippen molar-refractivity contribution in [2.75, 3.05) is 13.6 Å². The van der Waals surface area contributed by atoms with Crippen LogP contribution in [0.5, 0.6) is 0 Å². The molecule has 2 heteroatoms. The number of aryl methyl sites for hydroxylation is 1. The molecule has 0 aliphatic carbocycles. The predicted molar refractivity (Wildman–Crippen MR) is 84.3 cm³/mol. The molecular formula is C17H30N2. The Balaban J connectivity index is 2.82. The van der Waals surface area contributed by atoms with E-state index in [1.54, 1.807) is 0 Å². The first-order chi connectivity index (χ1) is 9.10. The summed E-state index contributed by atoms with van der Waals surface area (Å²) in [7, 11) is 2.21.